The molecule has 0 saturated carbocycles. The molecule has 0 radical (unpaired) electrons. The maximum absolute atomic E-state index is 13.2. The third kappa shape index (κ3) is 6.36. The van der Waals surface area contributed by atoms with Crippen LogP contribution in [0.25, 0.3) is 0 Å². The summed E-state index contributed by atoms with van der Waals surface area (Å²) in [6, 6.07) is 21.8. The summed E-state index contributed by atoms with van der Waals surface area (Å²) >= 11 is 0. The van der Waals surface area contributed by atoms with E-state index in [1.54, 1.807) is 61.5 Å². The number of para-hydroxylation sites is 1. The largest absolute Gasteiger partial charge is 0.324 e. The first-order valence-corrected chi connectivity index (χ1v) is 13.4. The van der Waals surface area contributed by atoms with Gasteiger partial charge in [-0.1, -0.05) is 82.3 Å². The van der Waals surface area contributed by atoms with E-state index >= 15 is 0 Å². The van der Waals surface area contributed by atoms with Gasteiger partial charge in [0, 0.05) is 16.8 Å². The monoisotopic (exact) mass is 492 g/mol. The lowest BCUT2D eigenvalue weighted by Gasteiger charge is -2.30. The third-order valence-corrected chi connectivity index (χ3v) is 6.93. The summed E-state index contributed by atoms with van der Waals surface area (Å²) in [4.78, 5) is 26.2. The van der Waals surface area contributed by atoms with Gasteiger partial charge in [-0.05, 0) is 41.7 Å². The Hall–Kier alpha value is -3.45. The average molecular weight is 493 g/mol. The molecule has 35 heavy (non-hydrogen) atoms. The van der Waals surface area contributed by atoms with Crippen LogP contribution in [0, 0.1) is 0 Å². The van der Waals surface area contributed by atoms with Gasteiger partial charge < -0.3 is 5.32 Å². The van der Waals surface area contributed by atoms with Crippen LogP contribution in [0.15, 0.2) is 78.9 Å². The van der Waals surface area contributed by atoms with E-state index < -0.39 is 22.0 Å². The van der Waals surface area contributed by atoms with Crippen LogP contribution in [-0.4, -0.2) is 32.4 Å². The van der Waals surface area contributed by atoms with Crippen LogP contribution < -0.4 is 9.62 Å². The Morgan fingerprint density at radius 1 is 0.886 bits per heavy atom. The molecule has 1 N–H and O–H groups in total. The van der Waals surface area contributed by atoms with E-state index in [0.717, 1.165) is 16.1 Å². The first kappa shape index (κ1) is 26.2. The van der Waals surface area contributed by atoms with Crippen molar-refractivity contribution in [2.75, 3.05) is 15.9 Å². The maximum atomic E-state index is 13.2. The number of nitrogens with one attached hydrogen (secondary N) is 1. The van der Waals surface area contributed by atoms with Crippen LogP contribution >= 0.6 is 0 Å². The van der Waals surface area contributed by atoms with E-state index in [4.69, 9.17) is 0 Å². The Balaban J connectivity index is 1.84. The van der Waals surface area contributed by atoms with Crippen molar-refractivity contribution in [2.45, 2.75) is 45.6 Å². The smallest absolute Gasteiger partial charge is 0.248 e. The normalized spacial score (nSPS) is 12.6. The SMILES string of the molecule is CC[C@H](C(=O)Nc1cccc(C(=O)c2ccc(C(C)(C)C)cc2)c1)N(c1ccccc1)S(C)(=O)=O. The van der Waals surface area contributed by atoms with Gasteiger partial charge in [0.1, 0.15) is 6.04 Å². The quantitative estimate of drug-likeness (QED) is 0.427. The molecular formula is C28H32N2O4S. The van der Waals surface area contributed by atoms with Crippen molar-refractivity contribution in [1.29, 1.82) is 0 Å². The number of sulfonamides is 1. The Bertz CT molecular complexity index is 1290. The molecule has 0 aliphatic heterocycles. The molecule has 184 valence electrons. The summed E-state index contributed by atoms with van der Waals surface area (Å²) in [6.07, 6.45) is 1.35. The van der Waals surface area contributed by atoms with Crippen molar-refractivity contribution >= 4 is 33.1 Å². The van der Waals surface area contributed by atoms with Gasteiger partial charge in [0.05, 0.1) is 11.9 Å². The first-order valence-electron chi connectivity index (χ1n) is 11.5. The van der Waals surface area contributed by atoms with Gasteiger partial charge >= 0.3 is 0 Å². The zero-order valence-corrected chi connectivity index (χ0v) is 21.6. The molecule has 3 aromatic carbocycles. The highest BCUT2D eigenvalue weighted by Gasteiger charge is 2.31. The molecule has 1 amide bonds. The molecule has 0 unspecified atom stereocenters. The number of hydrogen-bond donors (Lipinski definition) is 1. The lowest BCUT2D eigenvalue weighted by molar-refractivity contribution is -0.117. The number of ketones is 1. The zero-order chi connectivity index (χ0) is 25.8. The predicted octanol–water partition coefficient (Wildman–Crippen LogP) is 5.40. The molecule has 6 nitrogen and oxygen atoms in total. The van der Waals surface area contributed by atoms with E-state index in [9.17, 15) is 18.0 Å². The number of benzene rings is 3. The maximum Gasteiger partial charge on any atom is 0.248 e. The summed E-state index contributed by atoms with van der Waals surface area (Å²) in [7, 11) is -3.72. The fraction of sp³-hybridized carbons (Fsp3) is 0.286. The van der Waals surface area contributed by atoms with Crippen LogP contribution in [0.5, 0.6) is 0 Å². The molecule has 0 spiro atoms. The summed E-state index contributed by atoms with van der Waals surface area (Å²) in [5.74, 6) is -0.628. The molecule has 3 aromatic rings. The minimum atomic E-state index is -3.72. The van der Waals surface area contributed by atoms with Gasteiger partial charge in [0.15, 0.2) is 5.78 Å². The summed E-state index contributed by atoms with van der Waals surface area (Å²) in [5.41, 5.74) is 2.95. The zero-order valence-electron chi connectivity index (χ0n) is 20.8. The van der Waals surface area contributed by atoms with Crippen LogP contribution in [0.4, 0.5) is 11.4 Å². The highest BCUT2D eigenvalue weighted by atomic mass is 32.2. The minimum Gasteiger partial charge on any atom is -0.324 e. The first-order chi connectivity index (χ1) is 16.4. The number of nitrogens with zero attached hydrogens (tertiary/aromatic N) is 1. The van der Waals surface area contributed by atoms with Crippen molar-refractivity contribution < 1.29 is 18.0 Å². The molecule has 0 fully saturated rings. The molecule has 7 heteroatoms. The van der Waals surface area contributed by atoms with Crippen LogP contribution in [0.1, 0.15) is 55.6 Å². The second-order valence-electron chi connectivity index (χ2n) is 9.54. The van der Waals surface area contributed by atoms with Gasteiger partial charge in [0.25, 0.3) is 0 Å². The lowest BCUT2D eigenvalue weighted by Crippen LogP contribution is -2.47. The Morgan fingerprint density at radius 2 is 1.51 bits per heavy atom. The molecule has 3 rings (SSSR count). The fourth-order valence-corrected chi connectivity index (χ4v) is 5.10. The number of carbonyl (C=O) groups is 2. The third-order valence-electron chi connectivity index (χ3n) is 5.75. The van der Waals surface area contributed by atoms with Gasteiger partial charge in [-0.25, -0.2) is 8.42 Å². The average Bonchev–Trinajstić information content (AvgIpc) is 2.81. The minimum absolute atomic E-state index is 0.0127. The summed E-state index contributed by atoms with van der Waals surface area (Å²) in [5, 5.41) is 2.79. The number of amides is 1. The van der Waals surface area contributed by atoms with Gasteiger partial charge in [-0.15, -0.1) is 0 Å². The molecule has 0 saturated heterocycles. The number of rotatable bonds is 8. The van der Waals surface area contributed by atoms with Crippen molar-refractivity contribution in [2.24, 2.45) is 0 Å². The second-order valence-corrected chi connectivity index (χ2v) is 11.4. The van der Waals surface area contributed by atoms with E-state index in [1.165, 1.54) is 0 Å². The topological polar surface area (TPSA) is 83.6 Å². The molecule has 1 atom stereocenters. The molecule has 0 bridgehead atoms. The fourth-order valence-electron chi connectivity index (χ4n) is 3.89. The molecular weight excluding hydrogens is 460 g/mol. The van der Waals surface area contributed by atoms with Crippen molar-refractivity contribution in [3.05, 3.63) is 95.6 Å². The highest BCUT2D eigenvalue weighted by molar-refractivity contribution is 7.92. The Labute approximate surface area is 208 Å². The molecule has 0 aromatic heterocycles. The number of carbonyl (C=O) groups excluding carboxylic acids is 2. The van der Waals surface area contributed by atoms with E-state index in [0.29, 0.717) is 22.5 Å². The Kier molecular flexibility index (Phi) is 7.80. The van der Waals surface area contributed by atoms with Crippen molar-refractivity contribution in [1.82, 2.24) is 0 Å². The molecule has 0 aliphatic rings. The Morgan fingerprint density at radius 3 is 2.06 bits per heavy atom. The van der Waals surface area contributed by atoms with Crippen LogP contribution in [0.3, 0.4) is 0 Å². The molecule has 0 aliphatic carbocycles. The standard InChI is InChI=1S/C28H32N2O4S/c1-6-25(30(35(5,33)34)24-13-8-7-9-14-24)27(32)29-23-12-10-11-21(19-23)26(31)20-15-17-22(18-16-20)28(2,3)4/h7-19,25H,6H2,1-5H3,(H,29,32)/t25-/m1/s1. The van der Waals surface area contributed by atoms with Gasteiger partial charge in [-0.2, -0.15) is 0 Å². The number of hydrogen-bond acceptors (Lipinski definition) is 4. The van der Waals surface area contributed by atoms with Crippen molar-refractivity contribution in [3.8, 4) is 0 Å². The van der Waals surface area contributed by atoms with Crippen LogP contribution in [0.2, 0.25) is 0 Å². The van der Waals surface area contributed by atoms with Gasteiger partial charge in [0.2, 0.25) is 15.9 Å². The predicted molar refractivity (Wildman–Crippen MR) is 141 cm³/mol. The lowest BCUT2D eigenvalue weighted by atomic mass is 9.86. The number of anilines is 2. The van der Waals surface area contributed by atoms with E-state index in [2.05, 4.69) is 26.1 Å². The van der Waals surface area contributed by atoms with E-state index in [-0.39, 0.29) is 17.6 Å². The molecule has 0 heterocycles. The van der Waals surface area contributed by atoms with Crippen molar-refractivity contribution in [3.63, 3.8) is 0 Å². The van der Waals surface area contributed by atoms with Gasteiger partial charge in [-0.3, -0.25) is 13.9 Å². The highest BCUT2D eigenvalue weighted by Crippen LogP contribution is 2.25. The summed E-state index contributed by atoms with van der Waals surface area (Å²) < 4.78 is 26.3. The summed E-state index contributed by atoms with van der Waals surface area (Å²) in [6.45, 7) is 8.10. The van der Waals surface area contributed by atoms with Crippen LogP contribution in [-0.2, 0) is 20.2 Å². The second kappa shape index (κ2) is 10.4. The van der Waals surface area contributed by atoms with E-state index in [1.807, 2.05) is 24.3 Å².